The molecule has 2 heterocycles. The lowest BCUT2D eigenvalue weighted by Gasteiger charge is -2.29. The van der Waals surface area contributed by atoms with Crippen molar-refractivity contribution in [2.24, 2.45) is 5.92 Å². The number of nitrogens with two attached hydrogens (primary N) is 1. The molecule has 1 aliphatic heterocycles. The molecule has 4 heteroatoms. The van der Waals surface area contributed by atoms with Gasteiger partial charge in [-0.1, -0.05) is 12.8 Å². The molecule has 0 spiro atoms. The summed E-state index contributed by atoms with van der Waals surface area (Å²) >= 11 is 0. The molecule has 18 heavy (non-hydrogen) atoms. The summed E-state index contributed by atoms with van der Waals surface area (Å²) in [6, 6.07) is 2.20. The van der Waals surface area contributed by atoms with E-state index in [2.05, 4.69) is 9.88 Å². The number of nitrogens with one attached hydrogen (secondary N) is 1. The van der Waals surface area contributed by atoms with Gasteiger partial charge in [-0.25, -0.2) is 0 Å². The molecule has 1 unspecified atom stereocenters. The summed E-state index contributed by atoms with van der Waals surface area (Å²) in [5.41, 5.74) is 6.94. The zero-order valence-electron chi connectivity index (χ0n) is 10.7. The summed E-state index contributed by atoms with van der Waals surface area (Å²) in [6.45, 7) is 0.902. The van der Waals surface area contributed by atoms with Crippen molar-refractivity contribution < 1.29 is 4.79 Å². The molecule has 2 aliphatic rings. The molecule has 1 aromatic rings. The number of hydrogen-bond acceptors (Lipinski definition) is 2. The van der Waals surface area contributed by atoms with E-state index in [1.165, 1.54) is 32.1 Å². The molecule has 98 valence electrons. The number of aromatic nitrogens is 1. The van der Waals surface area contributed by atoms with Crippen LogP contribution in [0.5, 0.6) is 0 Å². The topological polar surface area (TPSA) is 62.1 Å². The fourth-order valence-electron chi connectivity index (χ4n) is 3.57. The zero-order chi connectivity index (χ0) is 12.5. The first kappa shape index (κ1) is 11.6. The van der Waals surface area contributed by atoms with Crippen molar-refractivity contribution in [2.75, 3.05) is 12.3 Å². The Morgan fingerprint density at radius 3 is 2.72 bits per heavy atom. The second-order valence-corrected chi connectivity index (χ2v) is 5.60. The van der Waals surface area contributed by atoms with E-state index in [-0.39, 0.29) is 5.91 Å². The van der Waals surface area contributed by atoms with E-state index in [9.17, 15) is 4.79 Å². The van der Waals surface area contributed by atoms with Crippen LogP contribution in [0.4, 0.5) is 5.69 Å². The van der Waals surface area contributed by atoms with Gasteiger partial charge in [0, 0.05) is 24.5 Å². The number of carbonyl (C=O) groups excluding carboxylic acids is 1. The molecule has 1 saturated heterocycles. The highest BCUT2D eigenvalue weighted by Crippen LogP contribution is 2.35. The quantitative estimate of drug-likeness (QED) is 0.843. The van der Waals surface area contributed by atoms with E-state index in [1.807, 2.05) is 0 Å². The Balaban J connectivity index is 1.75. The monoisotopic (exact) mass is 247 g/mol. The number of nitrogen functional groups attached to an aromatic ring is 1. The van der Waals surface area contributed by atoms with Gasteiger partial charge in [0.1, 0.15) is 5.69 Å². The number of H-pyrrole nitrogens is 1. The SMILES string of the molecule is Nc1c[nH]c(C(=O)N2CCCC2C2CCCC2)c1. The maximum atomic E-state index is 12.5. The van der Waals surface area contributed by atoms with Crippen molar-refractivity contribution in [1.82, 2.24) is 9.88 Å². The van der Waals surface area contributed by atoms with Crippen LogP contribution in [0, 0.1) is 5.92 Å². The van der Waals surface area contributed by atoms with Crippen molar-refractivity contribution in [2.45, 2.75) is 44.6 Å². The number of hydrogen-bond donors (Lipinski definition) is 2. The predicted octanol–water partition coefficient (Wildman–Crippen LogP) is 2.39. The maximum Gasteiger partial charge on any atom is 0.270 e. The lowest BCUT2D eigenvalue weighted by atomic mass is 9.96. The van der Waals surface area contributed by atoms with Gasteiger partial charge in [0.05, 0.1) is 0 Å². The van der Waals surface area contributed by atoms with Crippen LogP contribution in [0.25, 0.3) is 0 Å². The van der Waals surface area contributed by atoms with Crippen molar-refractivity contribution in [3.63, 3.8) is 0 Å². The molecule has 0 aromatic carbocycles. The van der Waals surface area contributed by atoms with Crippen LogP contribution in [0.1, 0.15) is 49.0 Å². The minimum absolute atomic E-state index is 0.126. The molecule has 1 atom stereocenters. The first-order valence-electron chi connectivity index (χ1n) is 7.00. The smallest absolute Gasteiger partial charge is 0.270 e. The van der Waals surface area contributed by atoms with Crippen molar-refractivity contribution in [3.8, 4) is 0 Å². The van der Waals surface area contributed by atoms with E-state index in [0.29, 0.717) is 17.4 Å². The van der Waals surface area contributed by atoms with Crippen molar-refractivity contribution in [3.05, 3.63) is 18.0 Å². The number of anilines is 1. The maximum absolute atomic E-state index is 12.5. The number of aromatic amines is 1. The third-order valence-electron chi connectivity index (χ3n) is 4.44. The van der Waals surface area contributed by atoms with Gasteiger partial charge in [0.15, 0.2) is 0 Å². The summed E-state index contributed by atoms with van der Waals surface area (Å²) < 4.78 is 0. The average Bonchev–Trinajstić information content (AvgIpc) is 3.08. The normalized spacial score (nSPS) is 24.9. The molecule has 1 aromatic heterocycles. The molecule has 0 bridgehead atoms. The van der Waals surface area contributed by atoms with Crippen LogP contribution in [-0.2, 0) is 0 Å². The third-order valence-corrected chi connectivity index (χ3v) is 4.44. The zero-order valence-corrected chi connectivity index (χ0v) is 10.7. The predicted molar refractivity (Wildman–Crippen MR) is 71.2 cm³/mol. The molecule has 3 N–H and O–H groups in total. The van der Waals surface area contributed by atoms with E-state index < -0.39 is 0 Å². The molecule has 4 nitrogen and oxygen atoms in total. The second-order valence-electron chi connectivity index (χ2n) is 5.60. The fraction of sp³-hybridized carbons (Fsp3) is 0.643. The van der Waals surface area contributed by atoms with Gasteiger partial charge in [0.2, 0.25) is 0 Å². The van der Waals surface area contributed by atoms with Crippen LogP contribution in [-0.4, -0.2) is 28.4 Å². The molecule has 3 rings (SSSR count). The Morgan fingerprint density at radius 1 is 1.28 bits per heavy atom. The van der Waals surface area contributed by atoms with E-state index >= 15 is 0 Å². The molecule has 1 saturated carbocycles. The van der Waals surface area contributed by atoms with Gasteiger partial charge in [-0.15, -0.1) is 0 Å². The fourth-order valence-corrected chi connectivity index (χ4v) is 3.57. The first-order chi connectivity index (χ1) is 8.75. The van der Waals surface area contributed by atoms with Gasteiger partial charge in [-0.05, 0) is 37.7 Å². The van der Waals surface area contributed by atoms with Gasteiger partial charge in [-0.2, -0.15) is 0 Å². The molecule has 0 radical (unpaired) electrons. The lowest BCUT2D eigenvalue weighted by molar-refractivity contribution is 0.0684. The number of likely N-dealkylation sites (tertiary alicyclic amines) is 1. The highest BCUT2D eigenvalue weighted by Gasteiger charge is 2.36. The van der Waals surface area contributed by atoms with Crippen molar-refractivity contribution >= 4 is 11.6 Å². The van der Waals surface area contributed by atoms with Gasteiger partial charge < -0.3 is 15.6 Å². The molecular formula is C14H21N3O. The number of rotatable bonds is 2. The van der Waals surface area contributed by atoms with Crippen LogP contribution in [0.2, 0.25) is 0 Å². The van der Waals surface area contributed by atoms with Gasteiger partial charge in [0.25, 0.3) is 5.91 Å². The van der Waals surface area contributed by atoms with Crippen LogP contribution in [0.3, 0.4) is 0 Å². The van der Waals surface area contributed by atoms with Crippen LogP contribution >= 0.6 is 0 Å². The highest BCUT2D eigenvalue weighted by atomic mass is 16.2. The number of amides is 1. The van der Waals surface area contributed by atoms with Gasteiger partial charge in [-0.3, -0.25) is 4.79 Å². The minimum atomic E-state index is 0.126. The molecule has 1 aliphatic carbocycles. The van der Waals surface area contributed by atoms with E-state index in [4.69, 9.17) is 5.73 Å². The minimum Gasteiger partial charge on any atom is -0.397 e. The van der Waals surface area contributed by atoms with Crippen LogP contribution in [0.15, 0.2) is 12.3 Å². The van der Waals surface area contributed by atoms with E-state index in [1.54, 1.807) is 12.3 Å². The standard InChI is InChI=1S/C14H21N3O/c15-11-8-12(16-9-11)14(18)17-7-3-6-13(17)10-4-1-2-5-10/h8-10,13,16H,1-7,15H2. The molecule has 1 amide bonds. The largest absolute Gasteiger partial charge is 0.397 e. The number of nitrogens with zero attached hydrogens (tertiary/aromatic N) is 1. The second kappa shape index (κ2) is 4.67. The summed E-state index contributed by atoms with van der Waals surface area (Å²) in [6.07, 6.45) is 9.25. The summed E-state index contributed by atoms with van der Waals surface area (Å²) in [5, 5.41) is 0. The Hall–Kier alpha value is -1.45. The first-order valence-corrected chi connectivity index (χ1v) is 7.00. The lowest BCUT2D eigenvalue weighted by Crippen LogP contribution is -2.39. The number of carbonyl (C=O) groups is 1. The Kier molecular flexibility index (Phi) is 3.02. The third kappa shape index (κ3) is 2.00. The summed E-state index contributed by atoms with van der Waals surface area (Å²) in [5.74, 6) is 0.852. The Morgan fingerprint density at radius 2 is 2.06 bits per heavy atom. The summed E-state index contributed by atoms with van der Waals surface area (Å²) in [7, 11) is 0. The highest BCUT2D eigenvalue weighted by molar-refractivity contribution is 5.93. The molecular weight excluding hydrogens is 226 g/mol. The molecule has 2 fully saturated rings. The van der Waals surface area contributed by atoms with Crippen molar-refractivity contribution in [1.29, 1.82) is 0 Å². The van der Waals surface area contributed by atoms with Gasteiger partial charge >= 0.3 is 0 Å². The summed E-state index contributed by atoms with van der Waals surface area (Å²) in [4.78, 5) is 17.5. The Labute approximate surface area is 108 Å². The van der Waals surface area contributed by atoms with E-state index in [0.717, 1.165) is 18.9 Å². The average molecular weight is 247 g/mol. The Bertz CT molecular complexity index is 434. The van der Waals surface area contributed by atoms with Crippen LogP contribution < -0.4 is 5.73 Å².